The van der Waals surface area contributed by atoms with Crippen molar-refractivity contribution in [3.63, 3.8) is 0 Å². The number of anilines is 2. The van der Waals surface area contributed by atoms with E-state index in [0.29, 0.717) is 18.8 Å². The summed E-state index contributed by atoms with van der Waals surface area (Å²) in [6.07, 6.45) is 0.473. The van der Waals surface area contributed by atoms with Gasteiger partial charge in [-0.15, -0.1) is 0 Å². The summed E-state index contributed by atoms with van der Waals surface area (Å²) in [6.45, 7) is 6.81. The van der Waals surface area contributed by atoms with Gasteiger partial charge < -0.3 is 15.8 Å². The molecule has 2 aromatic rings. The van der Waals surface area contributed by atoms with Gasteiger partial charge in [-0.2, -0.15) is 0 Å². The summed E-state index contributed by atoms with van der Waals surface area (Å²) in [5.74, 6) is 0. The van der Waals surface area contributed by atoms with E-state index in [0.717, 1.165) is 17.7 Å². The highest BCUT2D eigenvalue weighted by molar-refractivity contribution is 5.70. The van der Waals surface area contributed by atoms with E-state index in [2.05, 4.69) is 17.4 Å². The summed E-state index contributed by atoms with van der Waals surface area (Å²) in [7, 11) is 0. The molecule has 0 fully saturated rings. The largest absolute Gasteiger partial charge is 0.444 e. The fourth-order valence-electron chi connectivity index (χ4n) is 3.15. The summed E-state index contributed by atoms with van der Waals surface area (Å²) in [4.78, 5) is 14.7. The van der Waals surface area contributed by atoms with Crippen LogP contribution in [0.1, 0.15) is 31.9 Å². The molecule has 0 aromatic heterocycles. The minimum absolute atomic E-state index is 0.0131. The highest BCUT2D eigenvalue weighted by Gasteiger charge is 2.31. The number of ether oxygens (including phenoxy) is 1. The molecular formula is C21H27N3O2. The summed E-state index contributed by atoms with van der Waals surface area (Å²) >= 11 is 0. The van der Waals surface area contributed by atoms with Crippen molar-refractivity contribution in [3.8, 4) is 0 Å². The maximum Gasteiger partial charge on any atom is 0.410 e. The Kier molecular flexibility index (Phi) is 5.07. The zero-order valence-corrected chi connectivity index (χ0v) is 15.7. The van der Waals surface area contributed by atoms with Gasteiger partial charge in [-0.1, -0.05) is 36.4 Å². The third-order valence-electron chi connectivity index (χ3n) is 4.39. The van der Waals surface area contributed by atoms with E-state index in [4.69, 9.17) is 10.5 Å². The lowest BCUT2D eigenvalue weighted by Gasteiger charge is -2.32. The van der Waals surface area contributed by atoms with Crippen LogP contribution < -0.4 is 11.1 Å². The number of nitrogens with zero attached hydrogens (tertiary/aromatic N) is 1. The number of carbonyl (C=O) groups is 1. The predicted octanol–water partition coefficient (Wildman–Crippen LogP) is 4.04. The van der Waals surface area contributed by atoms with E-state index < -0.39 is 5.60 Å². The molecule has 138 valence electrons. The first-order chi connectivity index (χ1) is 12.3. The highest BCUT2D eigenvalue weighted by Crippen LogP contribution is 2.27. The first-order valence-electron chi connectivity index (χ1n) is 8.97. The first-order valence-corrected chi connectivity index (χ1v) is 8.97. The molecule has 1 unspecified atom stereocenters. The number of nitrogens with one attached hydrogen (secondary N) is 1. The van der Waals surface area contributed by atoms with Crippen LogP contribution in [0.25, 0.3) is 0 Å². The zero-order chi connectivity index (χ0) is 18.7. The second-order valence-corrected chi connectivity index (χ2v) is 7.75. The van der Waals surface area contributed by atoms with Crippen molar-refractivity contribution in [2.75, 3.05) is 17.6 Å². The lowest BCUT2D eigenvalue weighted by molar-refractivity contribution is 0.0156. The Labute approximate surface area is 155 Å². The SMILES string of the molecule is CC(C)(C)OC(=O)N1Cc2ccc(N)cc2NCC1Cc1ccccc1. The fourth-order valence-corrected chi connectivity index (χ4v) is 3.15. The van der Waals surface area contributed by atoms with Gasteiger partial charge in [0, 0.05) is 17.9 Å². The van der Waals surface area contributed by atoms with Crippen LogP contribution in [0, 0.1) is 0 Å². The van der Waals surface area contributed by atoms with Crippen LogP contribution in [0.5, 0.6) is 0 Å². The number of hydrogen-bond acceptors (Lipinski definition) is 4. The predicted molar refractivity (Wildman–Crippen MR) is 105 cm³/mol. The second-order valence-electron chi connectivity index (χ2n) is 7.75. The Morgan fingerprint density at radius 1 is 1.23 bits per heavy atom. The summed E-state index contributed by atoms with van der Waals surface area (Å²) in [5, 5.41) is 3.45. The number of nitrogen functional groups attached to an aromatic ring is 1. The molecule has 0 spiro atoms. The Morgan fingerprint density at radius 3 is 2.65 bits per heavy atom. The molecule has 1 amide bonds. The number of rotatable bonds is 2. The zero-order valence-electron chi connectivity index (χ0n) is 15.7. The highest BCUT2D eigenvalue weighted by atomic mass is 16.6. The molecule has 5 heteroatoms. The molecule has 5 nitrogen and oxygen atoms in total. The minimum Gasteiger partial charge on any atom is -0.444 e. The molecule has 0 bridgehead atoms. The normalized spacial score (nSPS) is 17.0. The van der Waals surface area contributed by atoms with Crippen molar-refractivity contribution in [2.24, 2.45) is 0 Å². The van der Waals surface area contributed by atoms with Crippen LogP contribution in [-0.4, -0.2) is 29.2 Å². The van der Waals surface area contributed by atoms with E-state index in [1.807, 2.05) is 62.1 Å². The molecule has 0 saturated carbocycles. The molecule has 2 aromatic carbocycles. The van der Waals surface area contributed by atoms with Crippen LogP contribution in [-0.2, 0) is 17.7 Å². The third kappa shape index (κ3) is 4.48. The van der Waals surface area contributed by atoms with Crippen molar-refractivity contribution >= 4 is 17.5 Å². The van der Waals surface area contributed by atoms with Crippen molar-refractivity contribution in [2.45, 2.75) is 45.4 Å². The molecule has 1 heterocycles. The molecule has 1 aliphatic heterocycles. The Hall–Kier alpha value is -2.69. The summed E-state index contributed by atoms with van der Waals surface area (Å²) in [5.41, 5.74) is 9.32. The fraction of sp³-hybridized carbons (Fsp3) is 0.381. The van der Waals surface area contributed by atoms with E-state index in [1.54, 1.807) is 0 Å². The lowest BCUT2D eigenvalue weighted by Crippen LogP contribution is -2.45. The van der Waals surface area contributed by atoms with Gasteiger partial charge in [0.25, 0.3) is 0 Å². The molecule has 3 N–H and O–H groups in total. The third-order valence-corrected chi connectivity index (χ3v) is 4.39. The Balaban J connectivity index is 1.89. The monoisotopic (exact) mass is 353 g/mol. The quantitative estimate of drug-likeness (QED) is 0.800. The van der Waals surface area contributed by atoms with Crippen LogP contribution in [0.4, 0.5) is 16.2 Å². The molecule has 26 heavy (non-hydrogen) atoms. The van der Waals surface area contributed by atoms with Crippen LogP contribution in [0.2, 0.25) is 0 Å². The van der Waals surface area contributed by atoms with Gasteiger partial charge in [0.1, 0.15) is 5.60 Å². The minimum atomic E-state index is -0.530. The van der Waals surface area contributed by atoms with Gasteiger partial charge in [0.15, 0.2) is 0 Å². The standard InChI is InChI=1S/C21H27N3O2/c1-21(2,3)26-20(25)24-14-16-9-10-17(22)12-19(16)23-13-18(24)11-15-7-5-4-6-8-15/h4-10,12,18,23H,11,13-14,22H2,1-3H3. The van der Waals surface area contributed by atoms with Crippen molar-refractivity contribution < 1.29 is 9.53 Å². The van der Waals surface area contributed by atoms with Crippen LogP contribution in [0.3, 0.4) is 0 Å². The topological polar surface area (TPSA) is 67.6 Å². The number of hydrogen-bond donors (Lipinski definition) is 2. The molecule has 3 rings (SSSR count). The maximum atomic E-state index is 12.9. The van der Waals surface area contributed by atoms with E-state index >= 15 is 0 Å². The molecule has 0 saturated heterocycles. The van der Waals surface area contributed by atoms with Crippen LogP contribution in [0.15, 0.2) is 48.5 Å². The number of carbonyl (C=O) groups excluding carboxylic acids is 1. The van der Waals surface area contributed by atoms with E-state index in [9.17, 15) is 4.79 Å². The van der Waals surface area contributed by atoms with Gasteiger partial charge in [-0.05, 0) is 50.5 Å². The van der Waals surface area contributed by atoms with Crippen molar-refractivity contribution in [1.29, 1.82) is 0 Å². The van der Waals surface area contributed by atoms with E-state index in [-0.39, 0.29) is 12.1 Å². The molecule has 0 aliphatic carbocycles. The maximum absolute atomic E-state index is 12.9. The average Bonchev–Trinajstić information content (AvgIpc) is 2.74. The molecule has 1 atom stereocenters. The van der Waals surface area contributed by atoms with Gasteiger partial charge in [0.05, 0.1) is 12.6 Å². The number of benzene rings is 2. The molecule has 0 radical (unpaired) electrons. The number of nitrogens with two attached hydrogens (primary N) is 1. The van der Waals surface area contributed by atoms with Gasteiger partial charge in [-0.3, -0.25) is 4.90 Å². The first kappa shape index (κ1) is 18.1. The van der Waals surface area contributed by atoms with E-state index in [1.165, 1.54) is 5.56 Å². The average molecular weight is 353 g/mol. The van der Waals surface area contributed by atoms with Gasteiger partial charge in [-0.25, -0.2) is 4.79 Å². The van der Waals surface area contributed by atoms with Crippen molar-refractivity contribution in [1.82, 2.24) is 4.90 Å². The van der Waals surface area contributed by atoms with Crippen molar-refractivity contribution in [3.05, 3.63) is 59.7 Å². The Morgan fingerprint density at radius 2 is 1.96 bits per heavy atom. The number of fused-ring (bicyclic) bond motifs is 1. The smallest absolute Gasteiger partial charge is 0.410 e. The summed E-state index contributed by atoms with van der Waals surface area (Å²) in [6, 6.07) is 16.0. The molecular weight excluding hydrogens is 326 g/mol. The number of amides is 1. The van der Waals surface area contributed by atoms with Crippen LogP contribution >= 0.6 is 0 Å². The second kappa shape index (κ2) is 7.28. The Bertz CT molecular complexity index is 769. The van der Waals surface area contributed by atoms with Gasteiger partial charge in [0.2, 0.25) is 0 Å². The molecule has 1 aliphatic rings. The van der Waals surface area contributed by atoms with Gasteiger partial charge >= 0.3 is 6.09 Å². The lowest BCUT2D eigenvalue weighted by atomic mass is 10.0. The summed E-state index contributed by atoms with van der Waals surface area (Å²) < 4.78 is 5.67.